The third-order valence-corrected chi connectivity index (χ3v) is 3.93. The highest BCUT2D eigenvalue weighted by Crippen LogP contribution is 2.16. The molecule has 0 saturated carbocycles. The van der Waals surface area contributed by atoms with E-state index < -0.39 is 0 Å². The summed E-state index contributed by atoms with van der Waals surface area (Å²) in [5.41, 5.74) is 5.45. The van der Waals surface area contributed by atoms with E-state index >= 15 is 0 Å². The predicted octanol–water partition coefficient (Wildman–Crippen LogP) is 2.56. The van der Waals surface area contributed by atoms with Crippen molar-refractivity contribution in [2.75, 3.05) is 11.9 Å². The van der Waals surface area contributed by atoms with Crippen molar-refractivity contribution in [3.8, 4) is 0 Å². The van der Waals surface area contributed by atoms with Gasteiger partial charge in [0.15, 0.2) is 0 Å². The highest BCUT2D eigenvalue weighted by Gasteiger charge is 2.01. The van der Waals surface area contributed by atoms with Crippen molar-refractivity contribution in [1.29, 1.82) is 0 Å². The molecule has 2 aromatic rings. The van der Waals surface area contributed by atoms with Gasteiger partial charge >= 0.3 is 0 Å². The summed E-state index contributed by atoms with van der Waals surface area (Å²) in [5, 5.41) is 6.95. The zero-order chi connectivity index (χ0) is 15.1. The van der Waals surface area contributed by atoms with Crippen LogP contribution in [0.5, 0.6) is 0 Å². The van der Waals surface area contributed by atoms with E-state index in [0.29, 0.717) is 0 Å². The van der Waals surface area contributed by atoms with Gasteiger partial charge in [0.1, 0.15) is 0 Å². The monoisotopic (exact) mass is 394 g/mol. The number of nitrogens with one attached hydrogen (secondary N) is 2. The first kappa shape index (κ1) is 15.4. The second kappa shape index (κ2) is 7.72. The number of anilines is 1. The molecule has 1 aromatic heterocycles. The molecule has 0 aliphatic carbocycles. The summed E-state index contributed by atoms with van der Waals surface area (Å²) in [6, 6.07) is 9.58. The number of aromatic nitrogens is 1. The molecule has 0 spiro atoms. The average molecular weight is 394 g/mol. The molecule has 6 heteroatoms. The number of carbonyl (C=O) groups excluding carboxylic acids is 1. The smallest absolute Gasteiger partial charge is 0.259 e. The van der Waals surface area contributed by atoms with Gasteiger partial charge in [0, 0.05) is 21.7 Å². The van der Waals surface area contributed by atoms with Gasteiger partial charge in [-0.25, -0.2) is 5.43 Å². The first-order valence-corrected chi connectivity index (χ1v) is 7.45. The number of hydrazone groups is 1. The summed E-state index contributed by atoms with van der Waals surface area (Å²) in [6.45, 7) is 2.21. The van der Waals surface area contributed by atoms with Gasteiger partial charge in [-0.15, -0.1) is 0 Å². The van der Waals surface area contributed by atoms with Crippen molar-refractivity contribution < 1.29 is 4.79 Å². The molecular weight excluding hydrogens is 379 g/mol. The van der Waals surface area contributed by atoms with E-state index in [4.69, 9.17) is 0 Å². The van der Waals surface area contributed by atoms with E-state index in [9.17, 15) is 4.79 Å². The minimum atomic E-state index is -0.198. The molecule has 1 amide bonds. The van der Waals surface area contributed by atoms with Gasteiger partial charge in [-0.2, -0.15) is 5.10 Å². The molecule has 0 fully saturated rings. The zero-order valence-electron chi connectivity index (χ0n) is 11.5. The molecule has 0 aliphatic rings. The van der Waals surface area contributed by atoms with E-state index in [-0.39, 0.29) is 12.5 Å². The molecule has 0 bridgehead atoms. The molecule has 0 aliphatic heterocycles. The van der Waals surface area contributed by atoms with E-state index in [1.165, 1.54) is 9.13 Å². The lowest BCUT2D eigenvalue weighted by Crippen LogP contribution is -2.25. The highest BCUT2D eigenvalue weighted by atomic mass is 127. The summed E-state index contributed by atoms with van der Waals surface area (Å²) < 4.78 is 1.20. The Labute approximate surface area is 137 Å². The molecule has 108 valence electrons. The van der Waals surface area contributed by atoms with Gasteiger partial charge in [-0.1, -0.05) is 0 Å². The van der Waals surface area contributed by atoms with E-state index in [0.717, 1.165) is 11.3 Å². The number of rotatable bonds is 5. The maximum absolute atomic E-state index is 11.7. The van der Waals surface area contributed by atoms with Gasteiger partial charge in [-0.3, -0.25) is 9.78 Å². The number of aryl methyl sites for hydroxylation is 1. The van der Waals surface area contributed by atoms with Gasteiger partial charge in [0.25, 0.3) is 5.91 Å². The lowest BCUT2D eigenvalue weighted by molar-refractivity contribution is -0.119. The van der Waals surface area contributed by atoms with Crippen molar-refractivity contribution in [2.45, 2.75) is 6.92 Å². The Morgan fingerprint density at radius 3 is 2.81 bits per heavy atom. The summed E-state index contributed by atoms with van der Waals surface area (Å²) in [4.78, 5) is 15.6. The van der Waals surface area contributed by atoms with Crippen LogP contribution in [0.3, 0.4) is 0 Å². The van der Waals surface area contributed by atoms with Gasteiger partial charge < -0.3 is 5.32 Å². The van der Waals surface area contributed by atoms with Gasteiger partial charge in [0.2, 0.25) is 0 Å². The number of amides is 1. The Morgan fingerprint density at radius 1 is 1.33 bits per heavy atom. The number of hydrogen-bond acceptors (Lipinski definition) is 4. The first-order valence-electron chi connectivity index (χ1n) is 6.37. The highest BCUT2D eigenvalue weighted by molar-refractivity contribution is 14.1. The Hall–Kier alpha value is -1.96. The largest absolute Gasteiger partial charge is 0.376 e. The van der Waals surface area contributed by atoms with Crippen LogP contribution in [0.1, 0.15) is 11.1 Å². The van der Waals surface area contributed by atoms with Gasteiger partial charge in [0.05, 0.1) is 12.8 Å². The fraction of sp³-hybridized carbons (Fsp3) is 0.133. The molecule has 1 aromatic carbocycles. The Morgan fingerprint density at radius 2 is 2.10 bits per heavy atom. The minimum Gasteiger partial charge on any atom is -0.376 e. The molecule has 0 atom stereocenters. The number of nitrogens with zero attached hydrogens (tertiary/aromatic N) is 2. The molecule has 2 rings (SSSR count). The van der Waals surface area contributed by atoms with Gasteiger partial charge in [-0.05, 0) is 71.0 Å². The van der Waals surface area contributed by atoms with Crippen molar-refractivity contribution in [2.24, 2.45) is 5.10 Å². The Bertz CT molecular complexity index is 643. The van der Waals surface area contributed by atoms with Crippen LogP contribution in [-0.2, 0) is 4.79 Å². The zero-order valence-corrected chi connectivity index (χ0v) is 13.7. The average Bonchev–Trinajstić information content (AvgIpc) is 2.49. The third-order valence-electron chi connectivity index (χ3n) is 2.72. The second-order valence-electron chi connectivity index (χ2n) is 4.39. The Kier molecular flexibility index (Phi) is 5.68. The van der Waals surface area contributed by atoms with Crippen molar-refractivity contribution >= 4 is 40.4 Å². The summed E-state index contributed by atoms with van der Waals surface area (Å²) in [6.07, 6.45) is 4.92. The Balaban J connectivity index is 1.79. The number of carbonyl (C=O) groups is 1. The number of halogens is 1. The quantitative estimate of drug-likeness (QED) is 0.466. The fourth-order valence-electron chi connectivity index (χ4n) is 1.60. The van der Waals surface area contributed by atoms with Crippen LogP contribution in [-0.4, -0.2) is 23.7 Å². The lowest BCUT2D eigenvalue weighted by atomic mass is 10.2. The number of hydrogen-bond donors (Lipinski definition) is 2. The van der Waals surface area contributed by atoms with Crippen LogP contribution < -0.4 is 10.7 Å². The molecular formula is C15H15IN4O. The van der Waals surface area contributed by atoms with Crippen molar-refractivity contribution in [3.63, 3.8) is 0 Å². The van der Waals surface area contributed by atoms with Crippen LogP contribution >= 0.6 is 22.6 Å². The third kappa shape index (κ3) is 5.14. The maximum atomic E-state index is 11.7. The topological polar surface area (TPSA) is 66.4 Å². The molecule has 1 heterocycles. The van der Waals surface area contributed by atoms with E-state index in [1.807, 2.05) is 37.3 Å². The molecule has 0 unspecified atom stereocenters. The van der Waals surface area contributed by atoms with Crippen LogP contribution in [0.2, 0.25) is 0 Å². The summed E-state index contributed by atoms with van der Waals surface area (Å²) in [7, 11) is 0. The normalized spacial score (nSPS) is 10.6. The van der Waals surface area contributed by atoms with E-state index in [1.54, 1.807) is 18.6 Å². The van der Waals surface area contributed by atoms with Crippen LogP contribution in [0, 0.1) is 10.5 Å². The SMILES string of the molecule is Cc1cc(NCC(=O)NN=Cc2ccncc2)ccc1I. The summed E-state index contributed by atoms with van der Waals surface area (Å²) in [5.74, 6) is -0.198. The van der Waals surface area contributed by atoms with E-state index in [2.05, 4.69) is 43.4 Å². The van der Waals surface area contributed by atoms with Crippen LogP contribution in [0.25, 0.3) is 0 Å². The molecule has 21 heavy (non-hydrogen) atoms. The van der Waals surface area contributed by atoms with Crippen LogP contribution in [0.4, 0.5) is 5.69 Å². The maximum Gasteiger partial charge on any atom is 0.259 e. The molecule has 2 N–H and O–H groups in total. The fourth-order valence-corrected chi connectivity index (χ4v) is 1.94. The minimum absolute atomic E-state index is 0.174. The first-order chi connectivity index (χ1) is 10.1. The molecule has 0 saturated heterocycles. The molecule has 0 radical (unpaired) electrons. The number of benzene rings is 1. The van der Waals surface area contributed by atoms with Crippen molar-refractivity contribution in [3.05, 3.63) is 57.4 Å². The summed E-state index contributed by atoms with van der Waals surface area (Å²) >= 11 is 2.28. The van der Waals surface area contributed by atoms with Crippen LogP contribution in [0.15, 0.2) is 47.8 Å². The number of pyridine rings is 1. The second-order valence-corrected chi connectivity index (χ2v) is 5.55. The van der Waals surface area contributed by atoms with Crippen molar-refractivity contribution in [1.82, 2.24) is 10.4 Å². The standard InChI is InChI=1S/C15H15IN4O/c1-11-8-13(2-3-14(11)16)18-10-15(21)20-19-9-12-4-6-17-7-5-12/h2-9,18H,10H2,1H3,(H,20,21). The predicted molar refractivity (Wildman–Crippen MR) is 92.4 cm³/mol. The lowest BCUT2D eigenvalue weighted by Gasteiger charge is -2.07. The molecule has 5 nitrogen and oxygen atoms in total.